The molecule has 0 bridgehead atoms. The van der Waals surface area contributed by atoms with Gasteiger partial charge in [0.05, 0.1) is 9.79 Å². The number of benzene rings is 6. The quantitative estimate of drug-likeness (QED) is 0.0711. The number of hydrogen-bond donors (Lipinski definition) is 3. The molecule has 0 saturated carbocycles. The minimum atomic E-state index is -4.08. The smallest absolute Gasteiger partial charge is 0.297 e. The number of aryl methyl sites for hydroxylation is 2. The van der Waals surface area contributed by atoms with Crippen molar-refractivity contribution in [2.24, 2.45) is 0 Å². The molecule has 0 amide bonds. The summed E-state index contributed by atoms with van der Waals surface area (Å²) >= 11 is 0. The van der Waals surface area contributed by atoms with Crippen LogP contribution in [0.5, 0.6) is 0 Å². The van der Waals surface area contributed by atoms with E-state index in [0.29, 0.717) is 22.3 Å². The van der Waals surface area contributed by atoms with Crippen LogP contribution in [0, 0.1) is 13.8 Å². The third kappa shape index (κ3) is 11.6. The first kappa shape index (κ1) is 41.5. The van der Waals surface area contributed by atoms with E-state index in [0.717, 1.165) is 11.1 Å². The molecule has 0 fully saturated rings. The van der Waals surface area contributed by atoms with Crippen molar-refractivity contribution in [1.29, 1.82) is 0 Å². The standard InChI is InChI=1S/C22H22O4S.C14H12O2.C7H8O3S/c1-17-13-15-20(16-14-17)27(24,25)26-21(18-9-5-3-6-10-18)22(2,23)19-11-7-4-8-12-19;15-13(11-7-3-1-4-8-11)14(16)12-9-5-2-6-10-12;1-6-2-4-7(5-3-6)11(8,9)10/h3-16,21,23H,1-2H3;1-10,13,15H;2-5H,1H3,(H,8,9,10). The van der Waals surface area contributed by atoms with E-state index >= 15 is 0 Å². The number of ketones is 1. The maximum absolute atomic E-state index is 12.9. The highest BCUT2D eigenvalue weighted by molar-refractivity contribution is 7.86. The zero-order valence-electron chi connectivity index (χ0n) is 29.9. The van der Waals surface area contributed by atoms with Crippen LogP contribution in [0.4, 0.5) is 0 Å². The fraction of sp³-hybridized carbons (Fsp3) is 0.140. The van der Waals surface area contributed by atoms with Crippen LogP contribution < -0.4 is 0 Å². The van der Waals surface area contributed by atoms with Crippen molar-refractivity contribution >= 4 is 26.0 Å². The summed E-state index contributed by atoms with van der Waals surface area (Å²) < 4.78 is 60.9. The highest BCUT2D eigenvalue weighted by atomic mass is 32.2. The summed E-state index contributed by atoms with van der Waals surface area (Å²) in [7, 11) is -8.10. The fourth-order valence-electron chi connectivity index (χ4n) is 5.17. The maximum atomic E-state index is 12.9. The monoisotopic (exact) mass is 766 g/mol. The maximum Gasteiger partial charge on any atom is 0.297 e. The van der Waals surface area contributed by atoms with E-state index in [2.05, 4.69) is 0 Å². The van der Waals surface area contributed by atoms with Gasteiger partial charge in [-0.05, 0) is 61.7 Å². The minimum absolute atomic E-state index is 0.0536. The van der Waals surface area contributed by atoms with Gasteiger partial charge in [0.1, 0.15) is 17.8 Å². The van der Waals surface area contributed by atoms with Crippen molar-refractivity contribution in [3.63, 3.8) is 0 Å². The molecule has 0 aliphatic carbocycles. The molecule has 0 heterocycles. The van der Waals surface area contributed by atoms with E-state index in [1.165, 1.54) is 24.3 Å². The molecule has 9 nitrogen and oxygen atoms in total. The molecule has 3 unspecified atom stereocenters. The Labute approximate surface area is 317 Å². The average molecular weight is 767 g/mol. The lowest BCUT2D eigenvalue weighted by Gasteiger charge is -2.33. The third-order valence-corrected chi connectivity index (χ3v) is 10.4. The number of carbonyl (C=O) groups is 1. The molecule has 6 aromatic carbocycles. The molecule has 11 heteroatoms. The summed E-state index contributed by atoms with van der Waals surface area (Å²) in [5.74, 6) is -0.271. The van der Waals surface area contributed by atoms with Gasteiger partial charge in [-0.15, -0.1) is 0 Å². The summed E-state index contributed by atoms with van der Waals surface area (Å²) in [6.07, 6.45) is -2.18. The molecule has 0 saturated heterocycles. The molecule has 280 valence electrons. The lowest BCUT2D eigenvalue weighted by molar-refractivity contribution is -0.0526. The summed E-state index contributed by atoms with van der Waals surface area (Å²) in [6.45, 7) is 5.28. The molecule has 3 N–H and O–H groups in total. The van der Waals surface area contributed by atoms with E-state index in [-0.39, 0.29) is 15.6 Å². The number of carbonyl (C=O) groups excluding carboxylic acids is 1. The second kappa shape index (κ2) is 18.7. The number of aliphatic hydroxyl groups excluding tert-OH is 1. The van der Waals surface area contributed by atoms with Crippen LogP contribution in [0.25, 0.3) is 0 Å². The van der Waals surface area contributed by atoms with Gasteiger partial charge in [-0.25, -0.2) is 0 Å². The molecule has 0 aliphatic rings. The van der Waals surface area contributed by atoms with E-state index in [1.807, 2.05) is 38.1 Å². The van der Waals surface area contributed by atoms with Gasteiger partial charge in [0, 0.05) is 5.56 Å². The number of aliphatic hydroxyl groups is 2. The lowest BCUT2D eigenvalue weighted by Crippen LogP contribution is -2.33. The Kier molecular flexibility index (Phi) is 14.3. The minimum Gasteiger partial charge on any atom is -0.382 e. The van der Waals surface area contributed by atoms with Crippen molar-refractivity contribution in [2.75, 3.05) is 0 Å². The van der Waals surface area contributed by atoms with E-state index in [1.54, 1.807) is 128 Å². The van der Waals surface area contributed by atoms with Gasteiger partial charge in [0.15, 0.2) is 5.78 Å². The van der Waals surface area contributed by atoms with E-state index < -0.39 is 38.0 Å². The Morgan fingerprint density at radius 3 is 1.41 bits per heavy atom. The first-order valence-electron chi connectivity index (χ1n) is 16.8. The van der Waals surface area contributed by atoms with Gasteiger partial charge >= 0.3 is 0 Å². The zero-order valence-corrected chi connectivity index (χ0v) is 31.6. The molecule has 6 rings (SSSR count). The highest BCUT2D eigenvalue weighted by Crippen LogP contribution is 2.39. The van der Waals surface area contributed by atoms with Crippen molar-refractivity contribution < 1.29 is 40.6 Å². The summed E-state index contributed by atoms with van der Waals surface area (Å²) in [6, 6.07) is 48.0. The Morgan fingerprint density at radius 2 is 0.963 bits per heavy atom. The molecular weight excluding hydrogens is 725 g/mol. The number of rotatable bonds is 10. The Morgan fingerprint density at radius 1 is 0.574 bits per heavy atom. The van der Waals surface area contributed by atoms with Crippen LogP contribution >= 0.6 is 0 Å². The summed E-state index contributed by atoms with van der Waals surface area (Å²) in [5.41, 5.74) is 2.64. The SMILES string of the molecule is Cc1ccc(S(=O)(=O)O)cc1.Cc1ccc(S(=O)(=O)OC(c2ccccc2)C(C)(O)c2ccccc2)cc1.O=C(c1ccccc1)C(O)c1ccccc1. The molecular formula is C43H42O9S2. The third-order valence-electron chi connectivity index (χ3n) is 8.24. The van der Waals surface area contributed by atoms with E-state index in [4.69, 9.17) is 8.74 Å². The predicted octanol–water partition coefficient (Wildman–Crippen LogP) is 8.19. The van der Waals surface area contributed by atoms with Gasteiger partial charge in [-0.2, -0.15) is 16.8 Å². The molecule has 0 spiro atoms. The fourth-order valence-corrected chi connectivity index (χ4v) is 6.79. The van der Waals surface area contributed by atoms with Gasteiger partial charge in [-0.1, -0.05) is 157 Å². The Bertz CT molecular complexity index is 2280. The molecule has 0 radical (unpaired) electrons. The van der Waals surface area contributed by atoms with Crippen LogP contribution in [0.1, 0.15) is 57.3 Å². The van der Waals surface area contributed by atoms with Gasteiger partial charge in [0.25, 0.3) is 20.2 Å². The number of hydrogen-bond acceptors (Lipinski definition) is 8. The largest absolute Gasteiger partial charge is 0.382 e. The first-order chi connectivity index (χ1) is 25.6. The number of Topliss-reactive ketones (excluding diaryl/α,β-unsaturated/α-hetero) is 1. The van der Waals surface area contributed by atoms with Crippen molar-refractivity contribution in [2.45, 2.75) is 48.4 Å². The Hall–Kier alpha value is -5.27. The highest BCUT2D eigenvalue weighted by Gasteiger charge is 2.39. The normalized spacial score (nSPS) is 13.4. The Balaban J connectivity index is 0.000000203. The van der Waals surface area contributed by atoms with Crippen molar-refractivity contribution in [3.05, 3.63) is 203 Å². The topological polar surface area (TPSA) is 155 Å². The van der Waals surface area contributed by atoms with Crippen LogP contribution in [0.3, 0.4) is 0 Å². The lowest BCUT2D eigenvalue weighted by atomic mass is 9.86. The van der Waals surface area contributed by atoms with Crippen LogP contribution in [0.15, 0.2) is 180 Å². The van der Waals surface area contributed by atoms with Crippen LogP contribution in [0.2, 0.25) is 0 Å². The molecule has 0 aromatic heterocycles. The molecule has 0 aliphatic heterocycles. The zero-order chi connectivity index (χ0) is 39.4. The van der Waals surface area contributed by atoms with Crippen molar-refractivity contribution in [1.82, 2.24) is 0 Å². The molecule has 3 atom stereocenters. The summed E-state index contributed by atoms with van der Waals surface area (Å²) in [5, 5.41) is 21.2. The second-order valence-corrected chi connectivity index (χ2v) is 15.5. The first-order valence-corrected chi connectivity index (χ1v) is 19.6. The predicted molar refractivity (Wildman–Crippen MR) is 208 cm³/mol. The van der Waals surface area contributed by atoms with Crippen LogP contribution in [-0.4, -0.2) is 37.4 Å². The van der Waals surface area contributed by atoms with Gasteiger partial charge in [0.2, 0.25) is 0 Å². The van der Waals surface area contributed by atoms with E-state index in [9.17, 15) is 31.8 Å². The van der Waals surface area contributed by atoms with Crippen molar-refractivity contribution in [3.8, 4) is 0 Å². The molecule has 6 aromatic rings. The molecule has 54 heavy (non-hydrogen) atoms. The van der Waals surface area contributed by atoms with Gasteiger partial charge in [-0.3, -0.25) is 13.5 Å². The summed E-state index contributed by atoms with van der Waals surface area (Å²) in [4.78, 5) is 11.9. The van der Waals surface area contributed by atoms with Crippen LogP contribution in [-0.2, 0) is 30.0 Å². The average Bonchev–Trinajstić information content (AvgIpc) is 3.18. The second-order valence-electron chi connectivity index (χ2n) is 12.5. The van der Waals surface area contributed by atoms with Gasteiger partial charge < -0.3 is 10.2 Å².